The van der Waals surface area contributed by atoms with Crippen LogP contribution in [-0.4, -0.2) is 41.9 Å². The molecule has 0 bridgehead atoms. The molecule has 1 aliphatic carbocycles. The van der Waals surface area contributed by atoms with Crippen LogP contribution >= 0.6 is 0 Å². The van der Waals surface area contributed by atoms with Crippen LogP contribution in [0.15, 0.2) is 24.3 Å². The molecule has 2 atom stereocenters. The van der Waals surface area contributed by atoms with Gasteiger partial charge in [0.1, 0.15) is 17.0 Å². The van der Waals surface area contributed by atoms with E-state index in [1.54, 1.807) is 0 Å². The molecule has 28 heavy (non-hydrogen) atoms. The third-order valence-electron chi connectivity index (χ3n) is 4.38. The Morgan fingerprint density at radius 3 is 2.50 bits per heavy atom. The third kappa shape index (κ3) is 6.26. The summed E-state index contributed by atoms with van der Waals surface area (Å²) >= 11 is 0. The summed E-state index contributed by atoms with van der Waals surface area (Å²) in [7, 11) is 0. The maximum Gasteiger partial charge on any atom is 0.573 e. The Morgan fingerprint density at radius 1 is 1.32 bits per heavy atom. The second-order valence-electron chi connectivity index (χ2n) is 6.75. The predicted octanol–water partition coefficient (Wildman–Crippen LogP) is 3.62. The number of hydrogen-bond donors (Lipinski definition) is 2. The van der Waals surface area contributed by atoms with Crippen molar-refractivity contribution in [2.75, 3.05) is 6.61 Å². The Bertz CT molecular complexity index is 690. The number of amides is 1. The molecule has 0 saturated heterocycles. The van der Waals surface area contributed by atoms with E-state index in [1.165, 1.54) is 12.1 Å². The van der Waals surface area contributed by atoms with Crippen LogP contribution in [0.2, 0.25) is 0 Å². The maximum atomic E-state index is 14.1. The van der Waals surface area contributed by atoms with Crippen molar-refractivity contribution in [3.63, 3.8) is 0 Å². The molecule has 2 rings (SSSR count). The van der Waals surface area contributed by atoms with E-state index in [0.29, 0.717) is 0 Å². The fraction of sp³-hybridized carbons (Fsp3) is 0.588. The molecule has 11 heteroatoms. The zero-order chi connectivity index (χ0) is 21.2. The molecule has 0 aliphatic heterocycles. The van der Waals surface area contributed by atoms with Crippen LogP contribution in [0.5, 0.6) is 5.75 Å². The first-order valence-corrected chi connectivity index (χ1v) is 8.27. The van der Waals surface area contributed by atoms with Crippen LogP contribution < -0.4 is 10.1 Å². The number of ether oxygens (including phenoxy) is 2. The van der Waals surface area contributed by atoms with Gasteiger partial charge in [0.15, 0.2) is 0 Å². The van der Waals surface area contributed by atoms with Crippen molar-refractivity contribution >= 4 is 5.91 Å². The van der Waals surface area contributed by atoms with E-state index in [2.05, 4.69) is 14.8 Å². The number of carbonyl (C=O) groups is 1. The van der Waals surface area contributed by atoms with E-state index >= 15 is 0 Å². The first kappa shape index (κ1) is 22.3. The molecule has 1 aliphatic rings. The summed E-state index contributed by atoms with van der Waals surface area (Å²) in [6, 6.07) is 3.08. The van der Waals surface area contributed by atoms with Gasteiger partial charge in [-0.3, -0.25) is 4.79 Å². The van der Waals surface area contributed by atoms with Gasteiger partial charge in [0.2, 0.25) is 5.91 Å². The van der Waals surface area contributed by atoms with Gasteiger partial charge in [-0.05, 0) is 37.5 Å². The third-order valence-corrected chi connectivity index (χ3v) is 4.38. The van der Waals surface area contributed by atoms with Gasteiger partial charge < -0.3 is 19.9 Å². The van der Waals surface area contributed by atoms with Gasteiger partial charge in [-0.2, -0.15) is 8.78 Å². The Labute approximate surface area is 156 Å². The summed E-state index contributed by atoms with van der Waals surface area (Å²) in [6.45, 7) is -2.80. The fourth-order valence-corrected chi connectivity index (χ4v) is 2.68. The van der Waals surface area contributed by atoms with Gasteiger partial charge >= 0.3 is 13.0 Å². The van der Waals surface area contributed by atoms with E-state index in [4.69, 9.17) is 0 Å². The first-order chi connectivity index (χ1) is 12.8. The molecule has 1 saturated carbocycles. The molecular weight excluding hydrogens is 396 g/mol. The summed E-state index contributed by atoms with van der Waals surface area (Å²) in [5.41, 5.74) is -3.87. The van der Waals surface area contributed by atoms with E-state index in [9.17, 15) is 36.2 Å². The monoisotopic (exact) mass is 415 g/mol. The lowest BCUT2D eigenvalue weighted by Gasteiger charge is -2.28. The number of aliphatic hydroxyl groups is 1. The fourth-order valence-electron chi connectivity index (χ4n) is 2.68. The second kappa shape index (κ2) is 8.16. The number of alkyl halides is 6. The van der Waals surface area contributed by atoms with Gasteiger partial charge in [0.25, 0.3) is 0 Å². The minimum Gasteiger partial charge on any atom is -0.406 e. The molecule has 0 aromatic heterocycles. The normalized spacial score (nSPS) is 19.0. The molecule has 1 aromatic carbocycles. The standard InChI is InChI=1S/C17H19F6NO4/c1-15(26,16(20)5-6-16)8-13(25)24-12(9-27-14(18)19)10-3-2-4-11(7-10)28-17(21,22)23/h2-4,7,12,14,26H,5-6,8-9H2,1H3,(H,24,25). The summed E-state index contributed by atoms with van der Waals surface area (Å²) in [5, 5.41) is 12.4. The van der Waals surface area contributed by atoms with E-state index < -0.39 is 55.0 Å². The van der Waals surface area contributed by atoms with Gasteiger partial charge in [0.05, 0.1) is 19.1 Å². The SMILES string of the molecule is CC(O)(CC(=O)NC(COC(F)F)c1cccc(OC(F)(F)F)c1)C1(F)CC1. The minimum atomic E-state index is -4.96. The molecule has 0 radical (unpaired) electrons. The summed E-state index contributed by atoms with van der Waals surface area (Å²) in [6.07, 6.45) is -5.45. The molecular formula is C17H19F6NO4. The number of hydrogen-bond acceptors (Lipinski definition) is 4. The number of halogens is 6. The van der Waals surface area contributed by atoms with Crippen molar-refractivity contribution in [2.45, 2.75) is 56.5 Å². The number of carbonyl (C=O) groups excluding carboxylic acids is 1. The molecule has 1 fully saturated rings. The Morgan fingerprint density at radius 2 is 1.96 bits per heavy atom. The van der Waals surface area contributed by atoms with Crippen molar-refractivity contribution in [1.82, 2.24) is 5.32 Å². The molecule has 2 N–H and O–H groups in total. The molecule has 0 heterocycles. The first-order valence-electron chi connectivity index (χ1n) is 8.27. The van der Waals surface area contributed by atoms with Crippen molar-refractivity contribution in [3.8, 4) is 5.75 Å². The quantitative estimate of drug-likeness (QED) is 0.605. The lowest BCUT2D eigenvalue weighted by Crippen LogP contribution is -2.44. The lowest BCUT2D eigenvalue weighted by atomic mass is 9.93. The number of rotatable bonds is 9. The minimum absolute atomic E-state index is 0.00298. The van der Waals surface area contributed by atoms with Gasteiger partial charge in [-0.25, -0.2) is 4.39 Å². The van der Waals surface area contributed by atoms with Crippen molar-refractivity contribution in [2.24, 2.45) is 0 Å². The predicted molar refractivity (Wildman–Crippen MR) is 84.3 cm³/mol. The average Bonchev–Trinajstić information content (AvgIpc) is 3.29. The Kier molecular flexibility index (Phi) is 6.49. The molecule has 1 amide bonds. The molecule has 2 unspecified atom stereocenters. The zero-order valence-electron chi connectivity index (χ0n) is 14.7. The highest BCUT2D eigenvalue weighted by molar-refractivity contribution is 5.78. The van der Waals surface area contributed by atoms with Crippen LogP contribution in [-0.2, 0) is 9.53 Å². The highest BCUT2D eigenvalue weighted by Crippen LogP contribution is 2.50. The van der Waals surface area contributed by atoms with Crippen LogP contribution in [0.25, 0.3) is 0 Å². The van der Waals surface area contributed by atoms with Crippen molar-refractivity contribution in [1.29, 1.82) is 0 Å². The molecule has 0 spiro atoms. The molecule has 1 aromatic rings. The molecule has 158 valence electrons. The highest BCUT2D eigenvalue weighted by atomic mass is 19.4. The summed E-state index contributed by atoms with van der Waals surface area (Å²) in [4.78, 5) is 12.2. The largest absolute Gasteiger partial charge is 0.573 e. The maximum absolute atomic E-state index is 14.1. The lowest BCUT2D eigenvalue weighted by molar-refractivity contribution is -0.274. The van der Waals surface area contributed by atoms with Crippen LogP contribution in [0.4, 0.5) is 26.3 Å². The van der Waals surface area contributed by atoms with E-state index in [0.717, 1.165) is 19.1 Å². The van der Waals surface area contributed by atoms with Crippen molar-refractivity contribution in [3.05, 3.63) is 29.8 Å². The second-order valence-corrected chi connectivity index (χ2v) is 6.75. The smallest absolute Gasteiger partial charge is 0.406 e. The number of nitrogens with one attached hydrogen (secondary N) is 1. The average molecular weight is 415 g/mol. The topological polar surface area (TPSA) is 67.8 Å². The summed E-state index contributed by atoms with van der Waals surface area (Å²) < 4.78 is 83.9. The highest BCUT2D eigenvalue weighted by Gasteiger charge is 2.58. The van der Waals surface area contributed by atoms with Crippen LogP contribution in [0.1, 0.15) is 37.8 Å². The van der Waals surface area contributed by atoms with Gasteiger partial charge in [-0.15, -0.1) is 13.2 Å². The van der Waals surface area contributed by atoms with Gasteiger partial charge in [0, 0.05) is 0 Å². The van der Waals surface area contributed by atoms with E-state index in [1.807, 2.05) is 0 Å². The van der Waals surface area contributed by atoms with E-state index in [-0.39, 0.29) is 18.4 Å². The molecule has 5 nitrogen and oxygen atoms in total. The van der Waals surface area contributed by atoms with Crippen LogP contribution in [0.3, 0.4) is 0 Å². The Hall–Kier alpha value is -2.01. The number of benzene rings is 1. The van der Waals surface area contributed by atoms with Crippen LogP contribution in [0, 0.1) is 0 Å². The zero-order valence-corrected chi connectivity index (χ0v) is 14.7. The van der Waals surface area contributed by atoms with Crippen molar-refractivity contribution < 1.29 is 45.7 Å². The van der Waals surface area contributed by atoms with Gasteiger partial charge in [-0.1, -0.05) is 12.1 Å². The summed E-state index contributed by atoms with van der Waals surface area (Å²) in [5.74, 6) is -1.49. The Balaban J connectivity index is 2.13.